The topological polar surface area (TPSA) is 0 Å². The monoisotopic (exact) mass is 234 g/mol. The van der Waals surface area contributed by atoms with Crippen molar-refractivity contribution in [1.29, 1.82) is 0 Å². The zero-order valence-electron chi connectivity index (χ0n) is 6.88. The van der Waals surface area contributed by atoms with Gasteiger partial charge in [0.1, 0.15) is 0 Å². The second-order valence-electron chi connectivity index (χ2n) is 2.63. The van der Waals surface area contributed by atoms with Crippen molar-refractivity contribution < 1.29 is 0 Å². The maximum Gasteiger partial charge on any atom is 0.194 e. The van der Waals surface area contributed by atoms with Crippen LogP contribution >= 0.6 is 34.8 Å². The van der Waals surface area contributed by atoms with Gasteiger partial charge in [0, 0.05) is 6.42 Å². The number of hydrogen-bond donors (Lipinski definition) is 0. The van der Waals surface area contributed by atoms with Crippen molar-refractivity contribution in [1.82, 2.24) is 0 Å². The molecule has 0 saturated heterocycles. The molecule has 0 atom stereocenters. The number of benzene rings is 1. The summed E-state index contributed by atoms with van der Waals surface area (Å²) in [5.41, 5.74) is 1.11. The van der Waals surface area contributed by atoms with Crippen molar-refractivity contribution >= 4 is 40.9 Å². The fourth-order valence-electron chi connectivity index (χ4n) is 0.893. The Balaban J connectivity index is 2.51. The van der Waals surface area contributed by atoms with Crippen LogP contribution in [0.15, 0.2) is 36.4 Å². The molecule has 0 aliphatic carbocycles. The quantitative estimate of drug-likeness (QED) is 0.664. The first-order chi connectivity index (χ1) is 6.08. The first kappa shape index (κ1) is 10.9. The second-order valence-corrected chi connectivity index (χ2v) is 5.15. The summed E-state index contributed by atoms with van der Waals surface area (Å²) in [4.78, 5) is 0. The molecule has 0 aliphatic heterocycles. The highest BCUT2D eigenvalue weighted by Crippen LogP contribution is 2.30. The Kier molecular flexibility index (Phi) is 4.11. The molecule has 0 bridgehead atoms. The van der Waals surface area contributed by atoms with Crippen molar-refractivity contribution in [3.05, 3.63) is 42.0 Å². The Hall–Kier alpha value is -0.170. The van der Waals surface area contributed by atoms with E-state index < -0.39 is 3.79 Å². The minimum Gasteiger partial charge on any atom is -0.0833 e. The Labute approximate surface area is 93.1 Å². The fourth-order valence-corrected chi connectivity index (χ4v) is 1.16. The van der Waals surface area contributed by atoms with Gasteiger partial charge in [-0.3, -0.25) is 0 Å². The maximum absolute atomic E-state index is 5.58. The van der Waals surface area contributed by atoms with E-state index in [9.17, 15) is 0 Å². The SMILES string of the molecule is ClC(Cl)(Cl)C/C=C/c1ccccc1. The molecule has 0 aromatic heterocycles. The van der Waals surface area contributed by atoms with Gasteiger partial charge >= 0.3 is 0 Å². The molecule has 0 aliphatic rings. The first-order valence-electron chi connectivity index (χ1n) is 3.86. The number of halogens is 3. The minimum absolute atomic E-state index is 0.423. The maximum atomic E-state index is 5.58. The predicted molar refractivity (Wildman–Crippen MR) is 60.4 cm³/mol. The molecule has 1 aromatic rings. The molecule has 1 rings (SSSR count). The normalized spacial score (nSPS) is 12.2. The molecule has 70 valence electrons. The van der Waals surface area contributed by atoms with Crippen LogP contribution in [-0.2, 0) is 0 Å². The van der Waals surface area contributed by atoms with Gasteiger partial charge in [0.05, 0.1) is 0 Å². The zero-order chi connectivity index (χ0) is 9.73. The molecule has 0 saturated carbocycles. The summed E-state index contributed by atoms with van der Waals surface area (Å²) >= 11 is 16.7. The average molecular weight is 236 g/mol. The zero-order valence-corrected chi connectivity index (χ0v) is 9.15. The molecule has 0 N–H and O–H groups in total. The molecule has 3 heteroatoms. The second kappa shape index (κ2) is 4.90. The molecular weight excluding hydrogens is 226 g/mol. The van der Waals surface area contributed by atoms with Crippen LogP contribution in [0.5, 0.6) is 0 Å². The Morgan fingerprint density at radius 1 is 1.08 bits per heavy atom. The average Bonchev–Trinajstić information content (AvgIpc) is 2.04. The Bertz CT molecular complexity index is 272. The van der Waals surface area contributed by atoms with Crippen LogP contribution in [0, 0.1) is 0 Å². The van der Waals surface area contributed by atoms with E-state index in [4.69, 9.17) is 34.8 Å². The highest BCUT2D eigenvalue weighted by Gasteiger charge is 2.16. The van der Waals surface area contributed by atoms with E-state index in [0.717, 1.165) is 5.56 Å². The van der Waals surface area contributed by atoms with E-state index in [1.165, 1.54) is 0 Å². The van der Waals surface area contributed by atoms with Crippen LogP contribution in [0.1, 0.15) is 12.0 Å². The van der Waals surface area contributed by atoms with Crippen molar-refractivity contribution in [2.45, 2.75) is 10.2 Å². The van der Waals surface area contributed by atoms with Gasteiger partial charge in [-0.1, -0.05) is 77.3 Å². The third kappa shape index (κ3) is 5.20. The number of hydrogen-bond acceptors (Lipinski definition) is 0. The Morgan fingerprint density at radius 2 is 1.69 bits per heavy atom. The highest BCUT2D eigenvalue weighted by molar-refractivity contribution is 6.67. The molecule has 0 amide bonds. The molecular formula is C10H9Cl3. The lowest BCUT2D eigenvalue weighted by Gasteiger charge is -2.05. The molecule has 13 heavy (non-hydrogen) atoms. The van der Waals surface area contributed by atoms with Crippen LogP contribution in [0.4, 0.5) is 0 Å². The smallest absolute Gasteiger partial charge is 0.0833 e. The lowest BCUT2D eigenvalue weighted by molar-refractivity contribution is 1.08. The van der Waals surface area contributed by atoms with Crippen molar-refractivity contribution in [2.24, 2.45) is 0 Å². The largest absolute Gasteiger partial charge is 0.194 e. The number of alkyl halides is 3. The van der Waals surface area contributed by atoms with E-state index in [2.05, 4.69) is 0 Å². The standard InChI is InChI=1S/C10H9Cl3/c11-10(12,13)8-4-7-9-5-2-1-3-6-9/h1-7H,8H2/b7-4+. The van der Waals surface area contributed by atoms with E-state index in [1.807, 2.05) is 42.5 Å². The first-order valence-corrected chi connectivity index (χ1v) is 5.00. The van der Waals surface area contributed by atoms with Gasteiger partial charge < -0.3 is 0 Å². The van der Waals surface area contributed by atoms with Crippen molar-refractivity contribution in [3.63, 3.8) is 0 Å². The summed E-state index contributed by atoms with van der Waals surface area (Å²) in [5.74, 6) is 0. The van der Waals surface area contributed by atoms with Gasteiger partial charge in [-0.15, -0.1) is 0 Å². The minimum atomic E-state index is -1.19. The van der Waals surface area contributed by atoms with Crippen molar-refractivity contribution in [2.75, 3.05) is 0 Å². The van der Waals surface area contributed by atoms with Crippen molar-refractivity contribution in [3.8, 4) is 0 Å². The molecule has 0 nitrogen and oxygen atoms in total. The highest BCUT2D eigenvalue weighted by atomic mass is 35.6. The molecule has 0 unspecified atom stereocenters. The molecule has 0 heterocycles. The third-order valence-corrected chi connectivity index (χ3v) is 1.92. The predicted octanol–water partition coefficient (Wildman–Crippen LogP) is 4.46. The van der Waals surface area contributed by atoms with E-state index >= 15 is 0 Å². The van der Waals surface area contributed by atoms with Crippen LogP contribution in [-0.4, -0.2) is 3.79 Å². The van der Waals surface area contributed by atoms with E-state index in [-0.39, 0.29) is 0 Å². The lowest BCUT2D eigenvalue weighted by atomic mass is 10.2. The van der Waals surface area contributed by atoms with Crippen LogP contribution in [0.2, 0.25) is 0 Å². The molecule has 0 spiro atoms. The summed E-state index contributed by atoms with van der Waals surface area (Å²) in [7, 11) is 0. The van der Waals surface area contributed by atoms with Crippen LogP contribution < -0.4 is 0 Å². The van der Waals surface area contributed by atoms with E-state index in [1.54, 1.807) is 0 Å². The van der Waals surface area contributed by atoms with Gasteiger partial charge in [-0.2, -0.15) is 0 Å². The lowest BCUT2D eigenvalue weighted by Crippen LogP contribution is -1.97. The number of allylic oxidation sites excluding steroid dienone is 1. The molecule has 1 aromatic carbocycles. The van der Waals surface area contributed by atoms with Crippen LogP contribution in [0.25, 0.3) is 6.08 Å². The summed E-state index contributed by atoms with van der Waals surface area (Å²) in [6.07, 6.45) is 4.21. The Morgan fingerprint density at radius 3 is 2.23 bits per heavy atom. The van der Waals surface area contributed by atoms with Gasteiger partial charge in [0.2, 0.25) is 0 Å². The molecule has 0 radical (unpaired) electrons. The van der Waals surface area contributed by atoms with Gasteiger partial charge in [0.25, 0.3) is 0 Å². The number of rotatable bonds is 2. The van der Waals surface area contributed by atoms with Gasteiger partial charge in [-0.05, 0) is 5.56 Å². The summed E-state index contributed by atoms with van der Waals surface area (Å²) in [6, 6.07) is 9.89. The third-order valence-electron chi connectivity index (χ3n) is 1.46. The molecule has 0 fully saturated rings. The summed E-state index contributed by atoms with van der Waals surface area (Å²) in [5, 5.41) is 0. The fraction of sp³-hybridized carbons (Fsp3) is 0.200. The van der Waals surface area contributed by atoms with Gasteiger partial charge in [-0.25, -0.2) is 0 Å². The summed E-state index contributed by atoms with van der Waals surface area (Å²) < 4.78 is -1.19. The summed E-state index contributed by atoms with van der Waals surface area (Å²) in [6.45, 7) is 0. The van der Waals surface area contributed by atoms with E-state index in [0.29, 0.717) is 6.42 Å². The van der Waals surface area contributed by atoms with Crippen LogP contribution in [0.3, 0.4) is 0 Å². The van der Waals surface area contributed by atoms with Gasteiger partial charge in [0.15, 0.2) is 3.79 Å².